The topological polar surface area (TPSA) is 54.5 Å². The van der Waals surface area contributed by atoms with Gasteiger partial charge in [-0.3, -0.25) is 14.4 Å². The molecule has 0 N–H and O–H groups in total. The fourth-order valence-electron chi connectivity index (χ4n) is 2.44. The Balaban J connectivity index is 2.59. The summed E-state index contributed by atoms with van der Waals surface area (Å²) in [5.41, 5.74) is 0. The number of allylic oxidation sites excluding steroid dienone is 1. The van der Waals surface area contributed by atoms with Crippen molar-refractivity contribution < 1.29 is 14.4 Å². The van der Waals surface area contributed by atoms with Gasteiger partial charge in [0.1, 0.15) is 11.6 Å². The van der Waals surface area contributed by atoms with Crippen LogP contribution in [0.5, 0.6) is 0 Å². The molecule has 1 aliphatic heterocycles. The molecule has 1 heterocycles. The monoisotopic (exact) mass is 265 g/mol. The standard InChI is InChI=1S/C15H23NO3/c1-3-4-8-14(18)10-13-7-5-6-9-16(15(13)19)11-12(2)17/h3,13H,1,4-11H2,2H3/t13-/m1/s1. The molecule has 4 nitrogen and oxygen atoms in total. The van der Waals surface area contributed by atoms with Crippen molar-refractivity contribution >= 4 is 17.5 Å². The Hall–Kier alpha value is -1.45. The van der Waals surface area contributed by atoms with Crippen molar-refractivity contribution in [3.63, 3.8) is 0 Å². The summed E-state index contributed by atoms with van der Waals surface area (Å²) in [5, 5.41) is 0. The number of hydrogen-bond donors (Lipinski definition) is 0. The third-order valence-electron chi connectivity index (χ3n) is 3.41. The number of carbonyl (C=O) groups is 3. The van der Waals surface area contributed by atoms with E-state index in [1.165, 1.54) is 6.92 Å². The molecule has 0 spiro atoms. The second-order valence-electron chi connectivity index (χ2n) is 5.22. The lowest BCUT2D eigenvalue weighted by atomic mass is 9.94. The average Bonchev–Trinajstić information content (AvgIpc) is 2.51. The maximum Gasteiger partial charge on any atom is 0.226 e. The predicted octanol–water partition coefficient (Wildman–Crippen LogP) is 2.13. The van der Waals surface area contributed by atoms with Gasteiger partial charge in [-0.25, -0.2) is 0 Å². The Labute approximate surface area is 114 Å². The van der Waals surface area contributed by atoms with E-state index in [0.29, 0.717) is 25.8 Å². The van der Waals surface area contributed by atoms with Crippen molar-refractivity contribution in [3.05, 3.63) is 12.7 Å². The average molecular weight is 265 g/mol. The zero-order valence-electron chi connectivity index (χ0n) is 11.7. The lowest BCUT2D eigenvalue weighted by Gasteiger charge is -2.22. The van der Waals surface area contributed by atoms with Crippen LogP contribution < -0.4 is 0 Å². The minimum atomic E-state index is -0.237. The Morgan fingerprint density at radius 3 is 2.79 bits per heavy atom. The maximum atomic E-state index is 12.3. The number of hydrogen-bond acceptors (Lipinski definition) is 3. The van der Waals surface area contributed by atoms with E-state index >= 15 is 0 Å². The lowest BCUT2D eigenvalue weighted by molar-refractivity contribution is -0.139. The molecule has 106 valence electrons. The summed E-state index contributed by atoms with van der Waals surface area (Å²) in [6, 6.07) is 0. The van der Waals surface area contributed by atoms with Crippen LogP contribution >= 0.6 is 0 Å². The molecule has 19 heavy (non-hydrogen) atoms. The molecule has 0 aromatic rings. The number of ketones is 2. The minimum absolute atomic E-state index is 0.00742. The molecule has 1 aliphatic rings. The van der Waals surface area contributed by atoms with E-state index in [-0.39, 0.29) is 29.9 Å². The molecule has 1 saturated heterocycles. The van der Waals surface area contributed by atoms with Gasteiger partial charge in [-0.2, -0.15) is 0 Å². The predicted molar refractivity (Wildman–Crippen MR) is 73.7 cm³/mol. The zero-order valence-corrected chi connectivity index (χ0v) is 11.7. The van der Waals surface area contributed by atoms with Crippen LogP contribution in [-0.4, -0.2) is 35.5 Å². The lowest BCUT2D eigenvalue weighted by Crippen LogP contribution is -2.38. The first-order valence-electron chi connectivity index (χ1n) is 6.95. The number of Topliss-reactive ketones (excluding diaryl/α,β-unsaturated/α-hetero) is 2. The summed E-state index contributed by atoms with van der Waals surface area (Å²) in [5.74, 6) is -0.159. The van der Waals surface area contributed by atoms with Crippen LogP contribution in [0, 0.1) is 5.92 Å². The van der Waals surface area contributed by atoms with Crippen LogP contribution in [0.15, 0.2) is 12.7 Å². The van der Waals surface area contributed by atoms with Gasteiger partial charge in [0.15, 0.2) is 0 Å². The summed E-state index contributed by atoms with van der Waals surface area (Å²) in [7, 11) is 0. The minimum Gasteiger partial charge on any atom is -0.335 e. The van der Waals surface area contributed by atoms with Crippen LogP contribution in [0.1, 0.15) is 45.4 Å². The number of rotatable bonds is 7. The van der Waals surface area contributed by atoms with E-state index in [4.69, 9.17) is 0 Å². The molecule has 1 rings (SSSR count). The van der Waals surface area contributed by atoms with Crippen molar-refractivity contribution in [3.8, 4) is 0 Å². The van der Waals surface area contributed by atoms with Gasteiger partial charge in [0.25, 0.3) is 0 Å². The Morgan fingerprint density at radius 1 is 1.42 bits per heavy atom. The molecule has 4 heteroatoms. The van der Waals surface area contributed by atoms with Crippen LogP contribution in [-0.2, 0) is 14.4 Å². The summed E-state index contributed by atoms with van der Waals surface area (Å²) in [6.45, 7) is 5.89. The Kier molecular flexibility index (Phi) is 6.46. The van der Waals surface area contributed by atoms with E-state index in [1.54, 1.807) is 11.0 Å². The van der Waals surface area contributed by atoms with Crippen molar-refractivity contribution in [2.45, 2.75) is 45.4 Å². The van der Waals surface area contributed by atoms with E-state index in [2.05, 4.69) is 6.58 Å². The van der Waals surface area contributed by atoms with E-state index in [0.717, 1.165) is 19.3 Å². The number of nitrogens with zero attached hydrogens (tertiary/aromatic N) is 1. The highest BCUT2D eigenvalue weighted by Gasteiger charge is 2.28. The van der Waals surface area contributed by atoms with Crippen molar-refractivity contribution in [2.24, 2.45) is 5.92 Å². The third kappa shape index (κ3) is 5.37. The summed E-state index contributed by atoms with van der Waals surface area (Å²) < 4.78 is 0. The Bertz CT molecular complexity index is 362. The highest BCUT2D eigenvalue weighted by atomic mass is 16.2. The second-order valence-corrected chi connectivity index (χ2v) is 5.22. The smallest absolute Gasteiger partial charge is 0.226 e. The first-order chi connectivity index (χ1) is 9.04. The maximum absolute atomic E-state index is 12.3. The highest BCUT2D eigenvalue weighted by Crippen LogP contribution is 2.22. The first-order valence-corrected chi connectivity index (χ1v) is 6.95. The fraction of sp³-hybridized carbons (Fsp3) is 0.667. The molecule has 1 fully saturated rings. The molecule has 0 bridgehead atoms. The van der Waals surface area contributed by atoms with Crippen molar-refractivity contribution in [1.82, 2.24) is 4.90 Å². The fourth-order valence-corrected chi connectivity index (χ4v) is 2.44. The highest BCUT2D eigenvalue weighted by molar-refractivity contribution is 5.89. The van der Waals surface area contributed by atoms with Gasteiger partial charge < -0.3 is 4.90 Å². The summed E-state index contributed by atoms with van der Waals surface area (Å²) >= 11 is 0. The summed E-state index contributed by atoms with van der Waals surface area (Å²) in [4.78, 5) is 36.8. The molecule has 0 saturated carbocycles. The molecular weight excluding hydrogens is 242 g/mol. The second kappa shape index (κ2) is 7.87. The molecule has 0 unspecified atom stereocenters. The van der Waals surface area contributed by atoms with Gasteiger partial charge in [0.2, 0.25) is 5.91 Å². The van der Waals surface area contributed by atoms with Crippen LogP contribution in [0.3, 0.4) is 0 Å². The number of likely N-dealkylation sites (tertiary alicyclic amines) is 1. The largest absolute Gasteiger partial charge is 0.335 e. The molecule has 0 aliphatic carbocycles. The molecular formula is C15H23NO3. The molecule has 0 radical (unpaired) electrons. The zero-order chi connectivity index (χ0) is 14.3. The molecule has 1 atom stereocenters. The van der Waals surface area contributed by atoms with Gasteiger partial charge in [-0.1, -0.05) is 12.5 Å². The van der Waals surface area contributed by atoms with Crippen LogP contribution in [0.4, 0.5) is 0 Å². The van der Waals surface area contributed by atoms with E-state index in [1.807, 2.05) is 0 Å². The van der Waals surface area contributed by atoms with Gasteiger partial charge in [-0.05, 0) is 26.2 Å². The molecule has 1 amide bonds. The van der Waals surface area contributed by atoms with Gasteiger partial charge in [0, 0.05) is 25.3 Å². The van der Waals surface area contributed by atoms with Crippen molar-refractivity contribution in [2.75, 3.05) is 13.1 Å². The molecule has 0 aromatic carbocycles. The van der Waals surface area contributed by atoms with Gasteiger partial charge in [-0.15, -0.1) is 6.58 Å². The number of amides is 1. The normalized spacial score (nSPS) is 19.9. The first kappa shape index (κ1) is 15.6. The molecule has 0 aromatic heterocycles. The van der Waals surface area contributed by atoms with E-state index < -0.39 is 0 Å². The SMILES string of the molecule is C=CCCC(=O)C[C@H]1CCCCN(CC(C)=O)C1=O. The van der Waals surface area contributed by atoms with E-state index in [9.17, 15) is 14.4 Å². The van der Waals surface area contributed by atoms with Gasteiger partial charge in [0.05, 0.1) is 6.54 Å². The van der Waals surface area contributed by atoms with Crippen molar-refractivity contribution in [1.29, 1.82) is 0 Å². The van der Waals surface area contributed by atoms with Crippen LogP contribution in [0.25, 0.3) is 0 Å². The quantitative estimate of drug-likeness (QED) is 0.663. The third-order valence-corrected chi connectivity index (χ3v) is 3.41. The van der Waals surface area contributed by atoms with Gasteiger partial charge >= 0.3 is 0 Å². The van der Waals surface area contributed by atoms with Crippen LogP contribution in [0.2, 0.25) is 0 Å². The number of carbonyl (C=O) groups excluding carboxylic acids is 3. The summed E-state index contributed by atoms with van der Waals surface area (Å²) in [6.07, 6.45) is 5.76. The Morgan fingerprint density at radius 2 is 2.16 bits per heavy atom.